The molecule has 0 aliphatic carbocycles. The Balaban J connectivity index is 2.41. The zero-order valence-electron chi connectivity index (χ0n) is 10.6. The van der Waals surface area contributed by atoms with Gasteiger partial charge in [0.05, 0.1) is 0 Å². The van der Waals surface area contributed by atoms with Crippen molar-refractivity contribution in [1.82, 2.24) is 14.6 Å². The van der Waals surface area contributed by atoms with Crippen LogP contribution in [0.3, 0.4) is 0 Å². The molecule has 0 saturated carbocycles. The Kier molecular flexibility index (Phi) is 3.67. The first-order valence-corrected chi connectivity index (χ1v) is 6.52. The molecule has 0 aromatic carbocycles. The quantitative estimate of drug-likeness (QED) is 0.778. The van der Waals surface area contributed by atoms with Gasteiger partial charge in [0.25, 0.3) is 0 Å². The van der Waals surface area contributed by atoms with Gasteiger partial charge in [0.1, 0.15) is 5.15 Å². The maximum Gasteiger partial charge on any atom is 0.157 e. The van der Waals surface area contributed by atoms with E-state index in [4.69, 9.17) is 11.6 Å². The number of aryl methyl sites for hydroxylation is 1. The summed E-state index contributed by atoms with van der Waals surface area (Å²) in [5, 5.41) is 5.07. The summed E-state index contributed by atoms with van der Waals surface area (Å²) in [5.74, 6) is 1.43. The molecular weight excluding hydrogens is 234 g/mol. The molecule has 0 N–H and O–H groups in total. The highest BCUT2D eigenvalue weighted by Crippen LogP contribution is 2.17. The maximum atomic E-state index is 6.21. The van der Waals surface area contributed by atoms with Crippen LogP contribution in [0.15, 0.2) is 12.1 Å². The minimum Gasteiger partial charge on any atom is -0.212 e. The minimum atomic E-state index is 0.557. The second kappa shape index (κ2) is 5.05. The normalized spacial score (nSPS) is 11.6. The van der Waals surface area contributed by atoms with Crippen molar-refractivity contribution in [2.24, 2.45) is 5.92 Å². The van der Waals surface area contributed by atoms with Gasteiger partial charge in [-0.2, -0.15) is 0 Å². The summed E-state index contributed by atoms with van der Waals surface area (Å²) in [6.45, 7) is 6.48. The van der Waals surface area contributed by atoms with Crippen molar-refractivity contribution in [1.29, 1.82) is 0 Å². The number of hydrogen-bond acceptors (Lipinski definition) is 2. The lowest BCUT2D eigenvalue weighted by atomic mass is 10.1. The van der Waals surface area contributed by atoms with Gasteiger partial charge in [-0.05, 0) is 30.0 Å². The molecular formula is C13H18ClN3. The summed E-state index contributed by atoms with van der Waals surface area (Å²) < 4.78 is 1.72. The molecule has 2 heterocycles. The smallest absolute Gasteiger partial charge is 0.157 e. The predicted molar refractivity (Wildman–Crippen MR) is 70.5 cm³/mol. The van der Waals surface area contributed by atoms with E-state index >= 15 is 0 Å². The molecule has 0 fully saturated rings. The zero-order valence-corrected chi connectivity index (χ0v) is 11.3. The fraction of sp³-hybridized carbons (Fsp3) is 0.538. The first-order chi connectivity index (χ1) is 8.10. The van der Waals surface area contributed by atoms with Gasteiger partial charge in [0, 0.05) is 6.42 Å². The molecule has 4 heteroatoms. The monoisotopic (exact) mass is 251 g/mol. The van der Waals surface area contributed by atoms with E-state index in [9.17, 15) is 0 Å². The number of halogens is 1. The van der Waals surface area contributed by atoms with Crippen LogP contribution < -0.4 is 0 Å². The topological polar surface area (TPSA) is 30.2 Å². The van der Waals surface area contributed by atoms with E-state index in [0.29, 0.717) is 11.1 Å². The standard InChI is InChI=1S/C13H18ClN3/c1-4-5-10-7-11(14)17-13(8-10)15-12(16-17)6-9(2)3/h7-9H,4-6H2,1-3H3. The highest BCUT2D eigenvalue weighted by molar-refractivity contribution is 6.29. The molecule has 0 atom stereocenters. The van der Waals surface area contributed by atoms with Crippen LogP contribution in [0.2, 0.25) is 5.15 Å². The third-order valence-electron chi connectivity index (χ3n) is 2.63. The van der Waals surface area contributed by atoms with E-state index in [-0.39, 0.29) is 0 Å². The van der Waals surface area contributed by atoms with E-state index in [2.05, 4.69) is 36.9 Å². The molecule has 2 aromatic rings. The minimum absolute atomic E-state index is 0.557. The van der Waals surface area contributed by atoms with Crippen LogP contribution in [0.1, 0.15) is 38.6 Å². The largest absolute Gasteiger partial charge is 0.212 e. The van der Waals surface area contributed by atoms with Gasteiger partial charge in [-0.25, -0.2) is 9.50 Å². The lowest BCUT2D eigenvalue weighted by molar-refractivity contribution is 0.620. The highest BCUT2D eigenvalue weighted by Gasteiger charge is 2.09. The van der Waals surface area contributed by atoms with Crippen LogP contribution in [0.25, 0.3) is 5.65 Å². The summed E-state index contributed by atoms with van der Waals surface area (Å²) in [5.41, 5.74) is 2.09. The van der Waals surface area contributed by atoms with Crippen molar-refractivity contribution in [3.8, 4) is 0 Å². The van der Waals surface area contributed by atoms with Crippen molar-refractivity contribution < 1.29 is 0 Å². The lowest BCUT2D eigenvalue weighted by Gasteiger charge is -2.00. The third-order valence-corrected chi connectivity index (χ3v) is 2.90. The molecule has 0 amide bonds. The maximum absolute atomic E-state index is 6.21. The number of fused-ring (bicyclic) bond motifs is 1. The predicted octanol–water partition coefficient (Wildman–Crippen LogP) is 3.53. The Morgan fingerprint density at radius 1 is 1.35 bits per heavy atom. The van der Waals surface area contributed by atoms with Crippen molar-refractivity contribution in [2.45, 2.75) is 40.0 Å². The molecule has 0 bridgehead atoms. The Hall–Kier alpha value is -1.09. The molecule has 92 valence electrons. The number of aromatic nitrogens is 3. The average Bonchev–Trinajstić information content (AvgIpc) is 2.60. The first kappa shape index (κ1) is 12.4. The Labute approximate surface area is 107 Å². The molecule has 0 saturated heterocycles. The zero-order chi connectivity index (χ0) is 12.4. The summed E-state index contributed by atoms with van der Waals surface area (Å²) in [7, 11) is 0. The van der Waals surface area contributed by atoms with Gasteiger partial charge in [-0.1, -0.05) is 38.8 Å². The molecule has 3 nitrogen and oxygen atoms in total. The summed E-state index contributed by atoms with van der Waals surface area (Å²) in [6, 6.07) is 4.05. The van der Waals surface area contributed by atoms with E-state index in [1.54, 1.807) is 4.52 Å². The van der Waals surface area contributed by atoms with Crippen molar-refractivity contribution in [2.75, 3.05) is 0 Å². The average molecular weight is 252 g/mol. The molecule has 2 aromatic heterocycles. The SMILES string of the molecule is CCCc1cc(Cl)n2nc(CC(C)C)nc2c1. The van der Waals surface area contributed by atoms with E-state index in [1.807, 2.05) is 6.07 Å². The van der Waals surface area contributed by atoms with Gasteiger partial charge in [-0.3, -0.25) is 0 Å². The fourth-order valence-corrected chi connectivity index (χ4v) is 2.19. The summed E-state index contributed by atoms with van der Waals surface area (Å²) in [6.07, 6.45) is 3.03. The highest BCUT2D eigenvalue weighted by atomic mass is 35.5. The van der Waals surface area contributed by atoms with Gasteiger partial charge >= 0.3 is 0 Å². The van der Waals surface area contributed by atoms with Crippen molar-refractivity contribution in [3.05, 3.63) is 28.7 Å². The molecule has 0 unspecified atom stereocenters. The van der Waals surface area contributed by atoms with Gasteiger partial charge < -0.3 is 0 Å². The molecule has 0 aliphatic heterocycles. The van der Waals surface area contributed by atoms with E-state index in [1.165, 1.54) is 5.56 Å². The van der Waals surface area contributed by atoms with Crippen LogP contribution in [-0.2, 0) is 12.8 Å². The third kappa shape index (κ3) is 2.78. The Morgan fingerprint density at radius 2 is 2.12 bits per heavy atom. The fourth-order valence-electron chi connectivity index (χ4n) is 1.93. The molecule has 0 spiro atoms. The molecule has 0 aliphatic rings. The van der Waals surface area contributed by atoms with Crippen LogP contribution in [-0.4, -0.2) is 14.6 Å². The van der Waals surface area contributed by atoms with E-state index < -0.39 is 0 Å². The van der Waals surface area contributed by atoms with Crippen LogP contribution in [0.5, 0.6) is 0 Å². The number of nitrogens with zero attached hydrogens (tertiary/aromatic N) is 3. The van der Waals surface area contributed by atoms with Crippen LogP contribution in [0.4, 0.5) is 0 Å². The second-order valence-electron chi connectivity index (χ2n) is 4.83. The number of rotatable bonds is 4. The number of hydrogen-bond donors (Lipinski definition) is 0. The lowest BCUT2D eigenvalue weighted by Crippen LogP contribution is -1.97. The molecule has 2 rings (SSSR count). The first-order valence-electron chi connectivity index (χ1n) is 6.14. The van der Waals surface area contributed by atoms with Gasteiger partial charge in [-0.15, -0.1) is 5.10 Å². The Morgan fingerprint density at radius 3 is 2.76 bits per heavy atom. The molecule has 0 radical (unpaired) electrons. The summed E-state index contributed by atoms with van der Waals surface area (Å²) in [4.78, 5) is 4.52. The van der Waals surface area contributed by atoms with Crippen molar-refractivity contribution in [3.63, 3.8) is 0 Å². The van der Waals surface area contributed by atoms with Crippen LogP contribution in [0, 0.1) is 5.92 Å². The molecule has 17 heavy (non-hydrogen) atoms. The van der Waals surface area contributed by atoms with Gasteiger partial charge in [0.2, 0.25) is 0 Å². The Bertz CT molecular complexity index is 517. The summed E-state index contributed by atoms with van der Waals surface area (Å²) >= 11 is 6.21. The van der Waals surface area contributed by atoms with Crippen LogP contribution >= 0.6 is 11.6 Å². The van der Waals surface area contributed by atoms with Crippen molar-refractivity contribution >= 4 is 17.2 Å². The van der Waals surface area contributed by atoms with E-state index in [0.717, 1.165) is 30.7 Å². The number of pyridine rings is 1. The van der Waals surface area contributed by atoms with Gasteiger partial charge in [0.15, 0.2) is 11.5 Å². The second-order valence-corrected chi connectivity index (χ2v) is 5.22.